The van der Waals surface area contributed by atoms with E-state index in [1.54, 1.807) is 6.92 Å². The third-order valence-corrected chi connectivity index (χ3v) is 4.96. The predicted octanol–water partition coefficient (Wildman–Crippen LogP) is -1.62. The Morgan fingerprint density at radius 3 is 1.87 bits per heavy atom. The van der Waals surface area contributed by atoms with Gasteiger partial charge in [0.2, 0.25) is 23.6 Å². The molecule has 0 spiro atoms. The Balaban J connectivity index is 0. The van der Waals surface area contributed by atoms with Crippen LogP contribution >= 0.6 is 0 Å². The summed E-state index contributed by atoms with van der Waals surface area (Å²) >= 11 is 0. The van der Waals surface area contributed by atoms with Gasteiger partial charge in [-0.05, 0) is 20.8 Å². The molecule has 5 unspecified atom stereocenters. The van der Waals surface area contributed by atoms with Gasteiger partial charge in [-0.1, -0.05) is 27.2 Å². The number of nitrogens with two attached hydrogens (primary N) is 1. The summed E-state index contributed by atoms with van der Waals surface area (Å²) in [5.74, 6) is -3.32. The molecule has 1 saturated heterocycles. The van der Waals surface area contributed by atoms with Crippen LogP contribution in [-0.4, -0.2) is 107 Å². The van der Waals surface area contributed by atoms with E-state index < -0.39 is 78.4 Å². The average Bonchev–Trinajstić information content (AvgIpc) is 2.84. The molecular formula is C24H46N4O11. The first-order chi connectivity index (χ1) is 18.1. The zero-order valence-electron chi connectivity index (χ0n) is 23.9. The SMILES string of the molecule is CCC.CCC(=O)O.COCC1OC(O)C(NC(C)=O)C(O[C@H](C)C(=O)N[C@@H](C)C(=O)N[C@H](C)C(N)=O)C1O. The molecule has 0 aromatic rings. The summed E-state index contributed by atoms with van der Waals surface area (Å²) in [7, 11) is 1.37. The van der Waals surface area contributed by atoms with E-state index in [0.717, 1.165) is 0 Å². The fourth-order valence-electron chi connectivity index (χ4n) is 2.89. The van der Waals surface area contributed by atoms with Crippen LogP contribution in [0.5, 0.6) is 0 Å². The lowest BCUT2D eigenvalue weighted by atomic mass is 9.96. The molecule has 228 valence electrons. The smallest absolute Gasteiger partial charge is 0.303 e. The first-order valence-electron chi connectivity index (χ1n) is 12.6. The molecule has 0 radical (unpaired) electrons. The monoisotopic (exact) mass is 566 g/mol. The average molecular weight is 567 g/mol. The second kappa shape index (κ2) is 20.1. The predicted molar refractivity (Wildman–Crippen MR) is 139 cm³/mol. The summed E-state index contributed by atoms with van der Waals surface area (Å²) in [5, 5.41) is 35.7. The Morgan fingerprint density at radius 2 is 1.46 bits per heavy atom. The van der Waals surface area contributed by atoms with E-state index in [0.29, 0.717) is 0 Å². The van der Waals surface area contributed by atoms with Gasteiger partial charge < -0.3 is 51.2 Å². The molecule has 8 N–H and O–H groups in total. The Bertz CT molecular complexity index is 783. The van der Waals surface area contributed by atoms with Gasteiger partial charge in [0.05, 0.1) is 6.61 Å². The molecule has 0 bridgehead atoms. The van der Waals surface area contributed by atoms with Crippen molar-refractivity contribution in [3.63, 3.8) is 0 Å². The van der Waals surface area contributed by atoms with Crippen molar-refractivity contribution in [3.05, 3.63) is 0 Å². The number of nitrogens with one attached hydrogen (secondary N) is 3. The van der Waals surface area contributed by atoms with Gasteiger partial charge in [0.15, 0.2) is 6.29 Å². The van der Waals surface area contributed by atoms with E-state index in [-0.39, 0.29) is 13.0 Å². The molecule has 0 aliphatic carbocycles. The number of rotatable bonds is 11. The van der Waals surface area contributed by atoms with Crippen LogP contribution in [0.1, 0.15) is 61.3 Å². The molecule has 4 amide bonds. The molecule has 0 aromatic carbocycles. The van der Waals surface area contributed by atoms with Crippen LogP contribution in [0.4, 0.5) is 0 Å². The van der Waals surface area contributed by atoms with Crippen molar-refractivity contribution < 1.29 is 53.5 Å². The maximum absolute atomic E-state index is 12.5. The first kappa shape index (κ1) is 38.3. The molecule has 0 saturated carbocycles. The summed E-state index contributed by atoms with van der Waals surface area (Å²) in [4.78, 5) is 56.5. The van der Waals surface area contributed by atoms with Crippen molar-refractivity contribution in [2.75, 3.05) is 13.7 Å². The molecule has 15 heteroatoms. The summed E-state index contributed by atoms with van der Waals surface area (Å²) in [5.41, 5.74) is 5.09. The lowest BCUT2D eigenvalue weighted by molar-refractivity contribution is -0.267. The van der Waals surface area contributed by atoms with Crippen LogP contribution in [0, 0.1) is 0 Å². The zero-order chi connectivity index (χ0) is 30.9. The number of aliphatic hydroxyl groups is 2. The fourth-order valence-corrected chi connectivity index (χ4v) is 2.89. The van der Waals surface area contributed by atoms with Crippen LogP contribution in [0.3, 0.4) is 0 Å². The second-order valence-corrected chi connectivity index (χ2v) is 8.80. The minimum absolute atomic E-state index is 0.0687. The van der Waals surface area contributed by atoms with Crippen LogP contribution in [-0.2, 0) is 38.2 Å². The number of ether oxygens (including phenoxy) is 3. The Morgan fingerprint density at radius 1 is 0.974 bits per heavy atom. The zero-order valence-corrected chi connectivity index (χ0v) is 23.9. The molecule has 0 aromatic heterocycles. The van der Waals surface area contributed by atoms with Crippen LogP contribution in [0.15, 0.2) is 0 Å². The maximum atomic E-state index is 12.5. The molecule has 15 nitrogen and oxygen atoms in total. The highest BCUT2D eigenvalue weighted by Crippen LogP contribution is 2.24. The highest BCUT2D eigenvalue weighted by molar-refractivity contribution is 5.91. The van der Waals surface area contributed by atoms with Crippen molar-refractivity contribution in [1.29, 1.82) is 0 Å². The number of aliphatic hydroxyl groups excluding tert-OH is 2. The summed E-state index contributed by atoms with van der Waals surface area (Å²) < 4.78 is 15.9. The number of carboxylic acid groups (broad SMARTS) is 1. The maximum Gasteiger partial charge on any atom is 0.303 e. The van der Waals surface area contributed by atoms with Gasteiger partial charge in [0, 0.05) is 20.5 Å². The number of hydrogen-bond acceptors (Lipinski definition) is 10. The van der Waals surface area contributed by atoms with E-state index in [1.807, 2.05) is 0 Å². The Hall–Kier alpha value is -2.85. The molecule has 8 atom stereocenters. The van der Waals surface area contributed by atoms with Crippen molar-refractivity contribution in [3.8, 4) is 0 Å². The van der Waals surface area contributed by atoms with Crippen molar-refractivity contribution in [1.82, 2.24) is 16.0 Å². The van der Waals surface area contributed by atoms with Crippen LogP contribution in [0.2, 0.25) is 0 Å². The van der Waals surface area contributed by atoms with E-state index in [9.17, 15) is 34.2 Å². The van der Waals surface area contributed by atoms with Gasteiger partial charge in [-0.2, -0.15) is 0 Å². The number of carboxylic acids is 1. The number of aliphatic carboxylic acids is 1. The largest absolute Gasteiger partial charge is 0.481 e. The van der Waals surface area contributed by atoms with Gasteiger partial charge in [0.25, 0.3) is 0 Å². The molecule has 1 aliphatic rings. The van der Waals surface area contributed by atoms with Crippen LogP contribution in [0.25, 0.3) is 0 Å². The lowest BCUT2D eigenvalue weighted by Gasteiger charge is -2.43. The molecule has 1 fully saturated rings. The van der Waals surface area contributed by atoms with E-state index in [1.165, 1.54) is 41.2 Å². The van der Waals surface area contributed by atoms with E-state index >= 15 is 0 Å². The topological polar surface area (TPSA) is 236 Å². The standard InChI is InChI=1S/C18H32N4O9.C3H6O2.C3H8/c1-7(15(19)25)20-16(26)8(2)21-17(27)9(3)30-14-12(22-10(4)23)18(28)31-11(6-29-5)13(14)24;1-2-3(4)5;1-3-2/h7-9,11-14,18,24,28H,6H2,1-5H3,(H2,19,25)(H,20,26)(H,21,27)(H,22,23);2H2,1H3,(H,4,5);3H2,1-2H3/t7-,8+,9-,11?,12?,13?,14?,18?;;/m1../s1. The van der Waals surface area contributed by atoms with Gasteiger partial charge in [-0.3, -0.25) is 24.0 Å². The quantitative estimate of drug-likeness (QED) is 0.150. The van der Waals surface area contributed by atoms with Crippen LogP contribution < -0.4 is 21.7 Å². The normalized spacial score (nSPS) is 24.2. The Kier molecular flexibility index (Phi) is 19.7. The summed E-state index contributed by atoms with van der Waals surface area (Å²) in [6, 6.07) is -3.10. The molecule has 1 heterocycles. The number of hydrogen-bond donors (Lipinski definition) is 7. The lowest BCUT2D eigenvalue weighted by Crippen LogP contribution is -2.65. The molecule has 39 heavy (non-hydrogen) atoms. The van der Waals surface area contributed by atoms with Crippen molar-refractivity contribution in [2.24, 2.45) is 5.73 Å². The first-order valence-corrected chi connectivity index (χ1v) is 12.6. The summed E-state index contributed by atoms with van der Waals surface area (Å²) in [6.45, 7) is 11.2. The molecular weight excluding hydrogens is 520 g/mol. The van der Waals surface area contributed by atoms with E-state index in [2.05, 4.69) is 29.8 Å². The molecule has 1 rings (SSSR count). The number of amides is 4. The minimum Gasteiger partial charge on any atom is -0.481 e. The third-order valence-electron chi connectivity index (χ3n) is 4.96. The van der Waals surface area contributed by atoms with Gasteiger partial charge in [-0.25, -0.2) is 0 Å². The van der Waals surface area contributed by atoms with Gasteiger partial charge in [0.1, 0.15) is 42.5 Å². The Labute approximate surface area is 229 Å². The van der Waals surface area contributed by atoms with E-state index in [4.69, 9.17) is 25.1 Å². The number of primary amides is 1. The second-order valence-electron chi connectivity index (χ2n) is 8.80. The molecule has 1 aliphatic heterocycles. The van der Waals surface area contributed by atoms with Gasteiger partial charge in [-0.15, -0.1) is 0 Å². The highest BCUT2D eigenvalue weighted by Gasteiger charge is 2.47. The third kappa shape index (κ3) is 15.4. The van der Waals surface area contributed by atoms with Gasteiger partial charge >= 0.3 is 5.97 Å². The minimum atomic E-state index is -1.52. The highest BCUT2D eigenvalue weighted by atomic mass is 16.6. The number of carbonyl (C=O) groups excluding carboxylic acids is 4. The number of carbonyl (C=O) groups is 5. The fraction of sp³-hybridized carbons (Fsp3) is 0.792. The number of methoxy groups -OCH3 is 1. The summed E-state index contributed by atoms with van der Waals surface area (Å²) in [6.07, 6.45) is -4.76. The van der Waals surface area contributed by atoms with Crippen molar-refractivity contribution in [2.45, 2.75) is 110 Å². The van der Waals surface area contributed by atoms with Crippen molar-refractivity contribution >= 4 is 29.6 Å².